The van der Waals surface area contributed by atoms with Crippen molar-refractivity contribution in [3.8, 4) is 6.07 Å². The molecule has 0 aliphatic carbocycles. The SMILES string of the molecule is CC1CCN(c2ccc([N+](=O)[O-])cc2/C=C(\C#N)C(=O)Nc2ccccc2)CC1. The number of para-hydroxylation sites is 1. The van der Waals surface area contributed by atoms with Gasteiger partial charge in [-0.15, -0.1) is 0 Å². The molecule has 0 spiro atoms. The maximum atomic E-state index is 12.5. The van der Waals surface area contributed by atoms with E-state index in [9.17, 15) is 20.2 Å². The molecule has 0 radical (unpaired) electrons. The third-order valence-corrected chi connectivity index (χ3v) is 5.04. The molecule has 2 aromatic rings. The van der Waals surface area contributed by atoms with Gasteiger partial charge in [-0.1, -0.05) is 25.1 Å². The molecule has 1 aliphatic heterocycles. The zero-order chi connectivity index (χ0) is 20.8. The van der Waals surface area contributed by atoms with Crippen LogP contribution >= 0.6 is 0 Å². The maximum Gasteiger partial charge on any atom is 0.270 e. The van der Waals surface area contributed by atoms with Crippen molar-refractivity contribution < 1.29 is 9.72 Å². The van der Waals surface area contributed by atoms with Crippen molar-refractivity contribution in [3.63, 3.8) is 0 Å². The van der Waals surface area contributed by atoms with Gasteiger partial charge >= 0.3 is 0 Å². The van der Waals surface area contributed by atoms with Crippen LogP contribution in [0.4, 0.5) is 17.1 Å². The van der Waals surface area contributed by atoms with Crippen LogP contribution in [0.15, 0.2) is 54.1 Å². The first-order chi connectivity index (χ1) is 14.0. The second-order valence-electron chi connectivity index (χ2n) is 7.16. The van der Waals surface area contributed by atoms with Crippen molar-refractivity contribution in [2.45, 2.75) is 19.8 Å². The molecule has 7 nitrogen and oxygen atoms in total. The van der Waals surface area contributed by atoms with Gasteiger partial charge in [0.05, 0.1) is 4.92 Å². The van der Waals surface area contributed by atoms with Gasteiger partial charge < -0.3 is 10.2 Å². The Morgan fingerprint density at radius 3 is 2.55 bits per heavy atom. The third-order valence-electron chi connectivity index (χ3n) is 5.04. The Bertz CT molecular complexity index is 971. The zero-order valence-electron chi connectivity index (χ0n) is 16.2. The van der Waals surface area contributed by atoms with Crippen LogP contribution in [-0.2, 0) is 4.79 Å². The van der Waals surface area contributed by atoms with Crippen LogP contribution in [-0.4, -0.2) is 23.9 Å². The lowest BCUT2D eigenvalue weighted by Gasteiger charge is -2.33. The Hall–Kier alpha value is -3.66. The summed E-state index contributed by atoms with van der Waals surface area (Å²) >= 11 is 0. The summed E-state index contributed by atoms with van der Waals surface area (Å²) in [6.07, 6.45) is 3.48. The highest BCUT2D eigenvalue weighted by Gasteiger charge is 2.21. The summed E-state index contributed by atoms with van der Waals surface area (Å²) in [5, 5.41) is 23.4. The highest BCUT2D eigenvalue weighted by molar-refractivity contribution is 6.10. The van der Waals surface area contributed by atoms with E-state index in [2.05, 4.69) is 17.1 Å². The molecule has 7 heteroatoms. The summed E-state index contributed by atoms with van der Waals surface area (Å²) in [6, 6.07) is 15.3. The largest absolute Gasteiger partial charge is 0.371 e. The van der Waals surface area contributed by atoms with Gasteiger partial charge in [0.15, 0.2) is 0 Å². The van der Waals surface area contributed by atoms with Crippen LogP contribution in [0.25, 0.3) is 6.08 Å². The fraction of sp³-hybridized carbons (Fsp3) is 0.273. The zero-order valence-corrected chi connectivity index (χ0v) is 16.2. The Morgan fingerprint density at radius 2 is 1.93 bits per heavy atom. The quantitative estimate of drug-likeness (QED) is 0.353. The standard InChI is InChI=1S/C22H22N4O3/c1-16-9-11-25(12-10-16)21-8-7-20(26(28)29)14-17(21)13-18(15-23)22(27)24-19-5-3-2-4-6-19/h2-8,13-14,16H,9-12H2,1H3,(H,24,27)/b18-13+. The minimum absolute atomic E-state index is 0.0777. The molecule has 1 heterocycles. The molecule has 0 saturated carbocycles. The van der Waals surface area contributed by atoms with E-state index in [1.54, 1.807) is 30.3 Å². The van der Waals surface area contributed by atoms with E-state index in [0.29, 0.717) is 17.2 Å². The number of non-ortho nitro benzene ring substituents is 1. The number of rotatable bonds is 5. The van der Waals surface area contributed by atoms with E-state index in [1.807, 2.05) is 12.1 Å². The number of carbonyl (C=O) groups is 1. The fourth-order valence-corrected chi connectivity index (χ4v) is 3.33. The van der Waals surface area contributed by atoms with Crippen LogP contribution in [0.3, 0.4) is 0 Å². The van der Waals surface area contributed by atoms with Crippen molar-refractivity contribution in [1.82, 2.24) is 0 Å². The minimum atomic E-state index is -0.552. The average molecular weight is 390 g/mol. The molecule has 1 N–H and O–H groups in total. The molecule has 148 valence electrons. The lowest BCUT2D eigenvalue weighted by molar-refractivity contribution is -0.384. The number of nitro benzene ring substituents is 1. The second kappa shape index (κ2) is 9.02. The number of nitriles is 1. The van der Waals surface area contributed by atoms with E-state index in [4.69, 9.17) is 0 Å². The third kappa shape index (κ3) is 4.99. The molecular weight excluding hydrogens is 368 g/mol. The predicted molar refractivity (Wildman–Crippen MR) is 112 cm³/mol. The minimum Gasteiger partial charge on any atom is -0.371 e. The van der Waals surface area contributed by atoms with Gasteiger partial charge in [-0.05, 0) is 43.0 Å². The van der Waals surface area contributed by atoms with Crippen LogP contribution in [0.5, 0.6) is 0 Å². The monoisotopic (exact) mass is 390 g/mol. The first-order valence-electron chi connectivity index (χ1n) is 9.49. The van der Waals surface area contributed by atoms with Crippen molar-refractivity contribution >= 4 is 29.0 Å². The van der Waals surface area contributed by atoms with Gasteiger partial charge in [-0.2, -0.15) is 5.26 Å². The molecule has 0 unspecified atom stereocenters. The van der Waals surface area contributed by atoms with E-state index in [-0.39, 0.29) is 11.3 Å². The topological polar surface area (TPSA) is 99.3 Å². The molecule has 1 saturated heterocycles. The van der Waals surface area contributed by atoms with Crippen LogP contribution in [0.1, 0.15) is 25.3 Å². The van der Waals surface area contributed by atoms with Crippen molar-refractivity contribution in [1.29, 1.82) is 5.26 Å². The molecule has 29 heavy (non-hydrogen) atoms. The summed E-state index contributed by atoms with van der Waals surface area (Å²) in [6.45, 7) is 3.87. The number of hydrogen-bond acceptors (Lipinski definition) is 5. The number of piperidine rings is 1. The number of nitrogens with one attached hydrogen (secondary N) is 1. The summed E-state index contributed by atoms with van der Waals surface area (Å²) in [5.41, 5.74) is 1.67. The smallest absolute Gasteiger partial charge is 0.270 e. The van der Waals surface area contributed by atoms with Crippen LogP contribution in [0.2, 0.25) is 0 Å². The second-order valence-corrected chi connectivity index (χ2v) is 7.16. The van der Waals surface area contributed by atoms with Gasteiger partial charge in [0.25, 0.3) is 11.6 Å². The number of hydrogen-bond donors (Lipinski definition) is 1. The molecule has 1 amide bonds. The number of benzene rings is 2. The van der Waals surface area contributed by atoms with E-state index < -0.39 is 10.8 Å². The van der Waals surface area contributed by atoms with E-state index in [0.717, 1.165) is 31.6 Å². The first-order valence-corrected chi connectivity index (χ1v) is 9.49. The predicted octanol–water partition coefficient (Wildman–Crippen LogP) is 4.38. The van der Waals surface area contributed by atoms with Crippen LogP contribution in [0, 0.1) is 27.4 Å². The van der Waals surface area contributed by atoms with Crippen molar-refractivity contribution in [2.75, 3.05) is 23.3 Å². The summed E-state index contributed by atoms with van der Waals surface area (Å²) in [7, 11) is 0. The van der Waals surface area contributed by atoms with Crippen molar-refractivity contribution in [2.24, 2.45) is 5.92 Å². The number of carbonyl (C=O) groups excluding carboxylic acids is 1. The Labute approximate surface area is 169 Å². The van der Waals surface area contributed by atoms with Gasteiger partial charge in [0.2, 0.25) is 0 Å². The van der Waals surface area contributed by atoms with E-state index >= 15 is 0 Å². The summed E-state index contributed by atoms with van der Waals surface area (Å²) in [4.78, 5) is 25.5. The maximum absolute atomic E-state index is 12.5. The fourth-order valence-electron chi connectivity index (χ4n) is 3.33. The lowest BCUT2D eigenvalue weighted by Crippen LogP contribution is -2.33. The van der Waals surface area contributed by atoms with Gasteiger partial charge in [-0.25, -0.2) is 0 Å². The van der Waals surface area contributed by atoms with Gasteiger partial charge in [-0.3, -0.25) is 14.9 Å². The molecule has 1 fully saturated rings. The highest BCUT2D eigenvalue weighted by atomic mass is 16.6. The Kier molecular flexibility index (Phi) is 6.25. The number of nitro groups is 1. The normalized spacial score (nSPS) is 14.9. The molecule has 0 atom stereocenters. The molecule has 3 rings (SSSR count). The number of anilines is 2. The molecule has 0 aromatic heterocycles. The first kappa shape index (κ1) is 20.1. The molecule has 2 aromatic carbocycles. The highest BCUT2D eigenvalue weighted by Crippen LogP contribution is 2.31. The number of amides is 1. The summed E-state index contributed by atoms with van der Waals surface area (Å²) < 4.78 is 0. The summed E-state index contributed by atoms with van der Waals surface area (Å²) in [5.74, 6) is 0.0815. The molecular formula is C22H22N4O3. The lowest BCUT2D eigenvalue weighted by atomic mass is 9.97. The van der Waals surface area contributed by atoms with Gasteiger partial charge in [0, 0.05) is 42.2 Å². The van der Waals surface area contributed by atoms with Gasteiger partial charge in [0.1, 0.15) is 11.6 Å². The van der Waals surface area contributed by atoms with Crippen LogP contribution < -0.4 is 10.2 Å². The van der Waals surface area contributed by atoms with E-state index in [1.165, 1.54) is 18.2 Å². The molecule has 1 aliphatic rings. The Morgan fingerprint density at radius 1 is 1.24 bits per heavy atom. The van der Waals surface area contributed by atoms with Crippen molar-refractivity contribution in [3.05, 3.63) is 69.8 Å². The average Bonchev–Trinajstić information content (AvgIpc) is 2.73. The number of nitrogens with zero attached hydrogens (tertiary/aromatic N) is 3. The Balaban J connectivity index is 1.95. The molecule has 0 bridgehead atoms.